The van der Waals surface area contributed by atoms with Crippen molar-refractivity contribution in [2.75, 3.05) is 14.1 Å². The third-order valence-electron chi connectivity index (χ3n) is 4.58. The average molecular weight is 480 g/mol. The van der Waals surface area contributed by atoms with Crippen molar-refractivity contribution in [2.45, 2.75) is 38.5 Å². The maximum atomic E-state index is 5.45. The van der Waals surface area contributed by atoms with E-state index in [0.717, 1.165) is 44.2 Å². The van der Waals surface area contributed by atoms with Crippen molar-refractivity contribution in [1.82, 2.24) is 15.5 Å². The second-order valence-electron chi connectivity index (χ2n) is 6.73. The van der Waals surface area contributed by atoms with Crippen molar-refractivity contribution in [1.29, 1.82) is 0 Å². The summed E-state index contributed by atoms with van der Waals surface area (Å²) in [4.78, 5) is 6.61. The Hall–Kier alpha value is -1.80. The van der Waals surface area contributed by atoms with E-state index in [9.17, 15) is 0 Å². The first-order valence-electron chi connectivity index (χ1n) is 9.14. The fourth-order valence-electron chi connectivity index (χ4n) is 3.20. The predicted molar refractivity (Wildman–Crippen MR) is 121 cm³/mol. The zero-order valence-electron chi connectivity index (χ0n) is 16.0. The van der Waals surface area contributed by atoms with Crippen LogP contribution in [0.2, 0.25) is 0 Å². The molecular formula is C21H29IN4O. The average Bonchev–Trinajstić information content (AvgIpc) is 3.33. The highest BCUT2D eigenvalue weighted by Gasteiger charge is 2.12. The molecular weight excluding hydrogens is 451 g/mol. The first kappa shape index (κ1) is 21.5. The van der Waals surface area contributed by atoms with E-state index in [1.807, 2.05) is 19.2 Å². The second-order valence-corrected chi connectivity index (χ2v) is 6.73. The van der Waals surface area contributed by atoms with Gasteiger partial charge in [0, 0.05) is 26.2 Å². The standard InChI is InChI=1S/C21H28N4O.HI/c1-22-21(24-19-10-5-6-11-19)23-14-17-8-3-4-9-18(17)15-25(2)16-20-12-7-13-26-20;/h3-9,12-13,19H,10-11,14-16H2,1-2H3,(H2,22,23,24);1H. The molecule has 3 rings (SSSR count). The van der Waals surface area contributed by atoms with Gasteiger partial charge in [0.15, 0.2) is 5.96 Å². The molecule has 1 aromatic carbocycles. The summed E-state index contributed by atoms with van der Waals surface area (Å²) in [5, 5.41) is 6.93. The lowest BCUT2D eigenvalue weighted by atomic mass is 10.1. The lowest BCUT2D eigenvalue weighted by Crippen LogP contribution is -2.42. The molecule has 2 N–H and O–H groups in total. The summed E-state index contributed by atoms with van der Waals surface area (Å²) in [7, 11) is 3.93. The molecule has 1 heterocycles. The van der Waals surface area contributed by atoms with Crippen LogP contribution in [0.1, 0.15) is 29.7 Å². The molecule has 0 amide bonds. The molecule has 0 saturated carbocycles. The Kier molecular flexibility index (Phi) is 8.87. The number of aliphatic imine (C=N–C) groups is 1. The van der Waals surface area contributed by atoms with Crippen LogP contribution < -0.4 is 10.6 Å². The topological polar surface area (TPSA) is 52.8 Å². The lowest BCUT2D eigenvalue weighted by Gasteiger charge is -2.20. The van der Waals surface area contributed by atoms with Crippen molar-refractivity contribution in [3.8, 4) is 0 Å². The van der Waals surface area contributed by atoms with E-state index >= 15 is 0 Å². The van der Waals surface area contributed by atoms with Crippen molar-refractivity contribution in [3.05, 3.63) is 71.7 Å². The fourth-order valence-corrected chi connectivity index (χ4v) is 3.20. The lowest BCUT2D eigenvalue weighted by molar-refractivity contribution is 0.287. The van der Waals surface area contributed by atoms with Gasteiger partial charge in [0.1, 0.15) is 5.76 Å². The molecule has 146 valence electrons. The number of nitrogens with zero attached hydrogens (tertiary/aromatic N) is 2. The Balaban J connectivity index is 0.00000261. The molecule has 0 unspecified atom stereocenters. The summed E-state index contributed by atoms with van der Waals surface area (Å²) in [5.74, 6) is 1.84. The molecule has 0 spiro atoms. The van der Waals surface area contributed by atoms with Crippen molar-refractivity contribution < 1.29 is 4.42 Å². The van der Waals surface area contributed by atoms with E-state index in [4.69, 9.17) is 4.42 Å². The van der Waals surface area contributed by atoms with Gasteiger partial charge in [-0.3, -0.25) is 9.89 Å². The molecule has 1 aromatic heterocycles. The van der Waals surface area contributed by atoms with Gasteiger partial charge in [-0.15, -0.1) is 24.0 Å². The minimum absolute atomic E-state index is 0. The van der Waals surface area contributed by atoms with Gasteiger partial charge in [-0.05, 0) is 43.1 Å². The number of hydrogen-bond donors (Lipinski definition) is 2. The molecule has 0 fully saturated rings. The molecule has 0 atom stereocenters. The van der Waals surface area contributed by atoms with Gasteiger partial charge in [-0.25, -0.2) is 0 Å². The summed E-state index contributed by atoms with van der Waals surface area (Å²) >= 11 is 0. The maximum absolute atomic E-state index is 5.45. The Labute approximate surface area is 179 Å². The molecule has 0 radical (unpaired) electrons. The zero-order chi connectivity index (χ0) is 18.2. The Bertz CT molecular complexity index is 734. The highest BCUT2D eigenvalue weighted by Crippen LogP contribution is 2.14. The van der Waals surface area contributed by atoms with E-state index in [0.29, 0.717) is 6.04 Å². The van der Waals surface area contributed by atoms with Gasteiger partial charge < -0.3 is 15.1 Å². The van der Waals surface area contributed by atoms with Crippen LogP contribution >= 0.6 is 24.0 Å². The predicted octanol–water partition coefficient (Wildman–Crippen LogP) is 3.91. The largest absolute Gasteiger partial charge is 0.468 e. The molecule has 5 nitrogen and oxygen atoms in total. The smallest absolute Gasteiger partial charge is 0.191 e. The molecule has 0 saturated heterocycles. The van der Waals surface area contributed by atoms with E-state index in [-0.39, 0.29) is 24.0 Å². The quantitative estimate of drug-likeness (QED) is 0.273. The first-order chi connectivity index (χ1) is 12.7. The Morgan fingerprint density at radius 1 is 1.11 bits per heavy atom. The van der Waals surface area contributed by atoms with Crippen LogP contribution in [0.25, 0.3) is 0 Å². The number of rotatable bonds is 7. The molecule has 0 bridgehead atoms. The summed E-state index contributed by atoms with van der Waals surface area (Å²) in [6.07, 6.45) is 8.29. The molecule has 1 aliphatic carbocycles. The van der Waals surface area contributed by atoms with Crippen molar-refractivity contribution >= 4 is 29.9 Å². The molecule has 0 aliphatic heterocycles. The fraction of sp³-hybridized carbons (Fsp3) is 0.381. The van der Waals surface area contributed by atoms with Gasteiger partial charge >= 0.3 is 0 Å². The third kappa shape index (κ3) is 6.70. The minimum Gasteiger partial charge on any atom is -0.468 e. The molecule has 6 heteroatoms. The highest BCUT2D eigenvalue weighted by molar-refractivity contribution is 14.0. The number of benzene rings is 1. The number of nitrogens with one attached hydrogen (secondary N) is 2. The van der Waals surface area contributed by atoms with Crippen molar-refractivity contribution in [3.63, 3.8) is 0 Å². The van der Waals surface area contributed by atoms with Crippen LogP contribution in [-0.4, -0.2) is 31.0 Å². The van der Waals surface area contributed by atoms with E-state index in [2.05, 4.69) is 64.0 Å². The van der Waals surface area contributed by atoms with Gasteiger partial charge in [-0.1, -0.05) is 36.4 Å². The minimum atomic E-state index is 0. The number of halogens is 1. The van der Waals surface area contributed by atoms with Crippen LogP contribution in [0.3, 0.4) is 0 Å². The van der Waals surface area contributed by atoms with Gasteiger partial charge in [-0.2, -0.15) is 0 Å². The van der Waals surface area contributed by atoms with Crippen LogP contribution in [0.5, 0.6) is 0 Å². The SMILES string of the molecule is CN=C(NCc1ccccc1CN(C)Cc1ccco1)NC1CC=CC1.I. The number of hydrogen-bond acceptors (Lipinski definition) is 3. The zero-order valence-corrected chi connectivity index (χ0v) is 18.4. The molecule has 27 heavy (non-hydrogen) atoms. The normalized spacial score (nSPS) is 14.4. The maximum Gasteiger partial charge on any atom is 0.191 e. The highest BCUT2D eigenvalue weighted by atomic mass is 127. The molecule has 1 aliphatic rings. The number of guanidine groups is 1. The van der Waals surface area contributed by atoms with E-state index in [1.165, 1.54) is 11.1 Å². The second kappa shape index (κ2) is 11.1. The number of furan rings is 1. The van der Waals surface area contributed by atoms with Crippen LogP contribution in [0, 0.1) is 0 Å². The Morgan fingerprint density at radius 2 is 1.85 bits per heavy atom. The van der Waals surface area contributed by atoms with Crippen LogP contribution in [-0.2, 0) is 19.6 Å². The van der Waals surface area contributed by atoms with E-state index in [1.54, 1.807) is 6.26 Å². The van der Waals surface area contributed by atoms with Crippen molar-refractivity contribution in [2.24, 2.45) is 4.99 Å². The monoisotopic (exact) mass is 480 g/mol. The van der Waals surface area contributed by atoms with E-state index < -0.39 is 0 Å². The van der Waals surface area contributed by atoms with Crippen LogP contribution in [0.4, 0.5) is 0 Å². The summed E-state index contributed by atoms with van der Waals surface area (Å²) in [6.45, 7) is 2.42. The summed E-state index contributed by atoms with van der Waals surface area (Å²) in [6, 6.07) is 12.9. The first-order valence-corrected chi connectivity index (χ1v) is 9.14. The van der Waals surface area contributed by atoms with Gasteiger partial charge in [0.2, 0.25) is 0 Å². The third-order valence-corrected chi connectivity index (χ3v) is 4.58. The summed E-state index contributed by atoms with van der Waals surface area (Å²) < 4.78 is 5.45. The molecule has 2 aromatic rings. The Morgan fingerprint density at radius 3 is 2.52 bits per heavy atom. The summed E-state index contributed by atoms with van der Waals surface area (Å²) in [5.41, 5.74) is 2.60. The van der Waals surface area contributed by atoms with Crippen LogP contribution in [0.15, 0.2) is 64.2 Å². The van der Waals surface area contributed by atoms with Gasteiger partial charge in [0.25, 0.3) is 0 Å². The van der Waals surface area contributed by atoms with Gasteiger partial charge in [0.05, 0.1) is 12.8 Å².